The van der Waals surface area contributed by atoms with Crippen LogP contribution in [0.15, 0.2) is 18.5 Å². The predicted octanol–water partition coefficient (Wildman–Crippen LogP) is 5.12. The minimum absolute atomic E-state index is 0.0226. The van der Waals surface area contributed by atoms with Crippen LogP contribution in [0.5, 0.6) is 0 Å². The summed E-state index contributed by atoms with van der Waals surface area (Å²) in [5.74, 6) is -6.71. The minimum atomic E-state index is -3.09. The molecule has 5 rings (SSSR count). The summed E-state index contributed by atoms with van der Waals surface area (Å²) < 4.78 is 57.1. The van der Waals surface area contributed by atoms with Crippen molar-refractivity contribution in [2.24, 2.45) is 17.3 Å². The molecule has 2 amide bonds. The molecule has 3 fully saturated rings. The quantitative estimate of drug-likeness (QED) is 0.447. The number of aromatic nitrogens is 3. The van der Waals surface area contributed by atoms with Gasteiger partial charge in [-0.25, -0.2) is 27.1 Å². The second-order valence-electron chi connectivity index (χ2n) is 11.2. The summed E-state index contributed by atoms with van der Waals surface area (Å²) in [5, 5.41) is 10.3. The molecule has 0 aromatic carbocycles. The second kappa shape index (κ2) is 9.23. The predicted molar refractivity (Wildman–Crippen MR) is 127 cm³/mol. The largest absolute Gasteiger partial charge is 0.349 e. The van der Waals surface area contributed by atoms with Crippen LogP contribution in [0.3, 0.4) is 0 Å². The number of nitrogens with zero attached hydrogens (tertiary/aromatic N) is 3. The number of carbonyl (C=O) groups is 2. The summed E-state index contributed by atoms with van der Waals surface area (Å²) in [6.07, 6.45) is 5.58. The van der Waals surface area contributed by atoms with Gasteiger partial charge in [-0.1, -0.05) is 6.92 Å². The molecular weight excluding hydrogens is 490 g/mol. The van der Waals surface area contributed by atoms with Gasteiger partial charge in [0.25, 0.3) is 5.92 Å². The van der Waals surface area contributed by atoms with Gasteiger partial charge in [0.1, 0.15) is 5.41 Å². The lowest BCUT2D eigenvalue weighted by Gasteiger charge is -2.34. The van der Waals surface area contributed by atoms with Crippen LogP contribution in [0.2, 0.25) is 0 Å². The molecule has 2 heterocycles. The van der Waals surface area contributed by atoms with Crippen LogP contribution in [-0.2, 0) is 9.59 Å². The minimum Gasteiger partial charge on any atom is -0.349 e. The van der Waals surface area contributed by atoms with Crippen molar-refractivity contribution in [1.82, 2.24) is 25.2 Å². The molecular formula is C26H33F4N5O2. The molecule has 0 saturated heterocycles. The van der Waals surface area contributed by atoms with E-state index in [2.05, 4.69) is 20.7 Å². The Morgan fingerprint density at radius 2 is 1.73 bits per heavy atom. The summed E-state index contributed by atoms with van der Waals surface area (Å²) in [5.41, 5.74) is -0.104. The van der Waals surface area contributed by atoms with E-state index in [0.29, 0.717) is 23.7 Å². The van der Waals surface area contributed by atoms with E-state index in [4.69, 9.17) is 0 Å². The molecule has 0 radical (unpaired) electrons. The summed E-state index contributed by atoms with van der Waals surface area (Å²) in [6, 6.07) is 0.867. The van der Waals surface area contributed by atoms with Crippen molar-refractivity contribution in [3.63, 3.8) is 0 Å². The average molecular weight is 524 g/mol. The van der Waals surface area contributed by atoms with Crippen molar-refractivity contribution in [3.8, 4) is 0 Å². The Labute approximate surface area is 212 Å². The number of hydrogen-bond donors (Lipinski definition) is 2. The smallest absolute Gasteiger partial charge is 0.263 e. The first-order chi connectivity index (χ1) is 17.4. The van der Waals surface area contributed by atoms with E-state index in [1.165, 1.54) is 11.4 Å². The maximum Gasteiger partial charge on any atom is 0.263 e. The highest BCUT2D eigenvalue weighted by Gasteiger charge is 2.72. The molecule has 3 saturated carbocycles. The van der Waals surface area contributed by atoms with Crippen LogP contribution in [-0.4, -0.2) is 38.3 Å². The molecule has 0 bridgehead atoms. The van der Waals surface area contributed by atoms with E-state index in [9.17, 15) is 27.2 Å². The Morgan fingerprint density at radius 3 is 2.32 bits per heavy atom. The van der Waals surface area contributed by atoms with Crippen LogP contribution < -0.4 is 10.6 Å². The number of fused-ring (bicyclic) bond motifs is 1. The van der Waals surface area contributed by atoms with E-state index in [0.717, 1.165) is 24.8 Å². The van der Waals surface area contributed by atoms with Crippen molar-refractivity contribution in [1.29, 1.82) is 0 Å². The molecule has 3 atom stereocenters. The topological polar surface area (TPSA) is 88.4 Å². The van der Waals surface area contributed by atoms with Crippen molar-refractivity contribution in [3.05, 3.63) is 29.7 Å². The van der Waals surface area contributed by atoms with Gasteiger partial charge in [0.05, 0.1) is 30.2 Å². The van der Waals surface area contributed by atoms with Crippen molar-refractivity contribution in [2.45, 2.75) is 95.6 Å². The number of rotatable bonds is 9. The van der Waals surface area contributed by atoms with Gasteiger partial charge in [-0.2, -0.15) is 5.10 Å². The Hall–Kier alpha value is -2.72. The van der Waals surface area contributed by atoms with Crippen LogP contribution in [0.4, 0.5) is 17.6 Å². The molecule has 7 nitrogen and oxygen atoms in total. The molecule has 2 aromatic heterocycles. The Morgan fingerprint density at radius 1 is 1.08 bits per heavy atom. The Kier molecular flexibility index (Phi) is 6.47. The van der Waals surface area contributed by atoms with E-state index in [1.807, 2.05) is 13.0 Å². The van der Waals surface area contributed by atoms with Gasteiger partial charge in [0.15, 0.2) is 5.65 Å². The number of alkyl halides is 4. The van der Waals surface area contributed by atoms with Gasteiger partial charge < -0.3 is 10.6 Å². The zero-order valence-corrected chi connectivity index (χ0v) is 21.1. The molecule has 202 valence electrons. The molecule has 2 N–H and O–H groups in total. The second-order valence-corrected chi connectivity index (χ2v) is 11.2. The van der Waals surface area contributed by atoms with Gasteiger partial charge in [0.2, 0.25) is 17.7 Å². The highest BCUT2D eigenvalue weighted by molar-refractivity contribution is 5.87. The van der Waals surface area contributed by atoms with Crippen LogP contribution >= 0.6 is 0 Å². The molecule has 0 aliphatic heterocycles. The summed E-state index contributed by atoms with van der Waals surface area (Å²) in [6.45, 7) is 3.16. The number of nitrogens with one attached hydrogen (secondary N) is 2. The van der Waals surface area contributed by atoms with E-state index in [-0.39, 0.29) is 43.6 Å². The van der Waals surface area contributed by atoms with Gasteiger partial charge in [-0.3, -0.25) is 9.59 Å². The molecule has 3 aliphatic carbocycles. The fourth-order valence-corrected chi connectivity index (χ4v) is 5.38. The maximum atomic E-state index is 13.9. The number of amides is 2. The lowest BCUT2D eigenvalue weighted by Crippen LogP contribution is -2.41. The van der Waals surface area contributed by atoms with Crippen molar-refractivity contribution in [2.75, 3.05) is 0 Å². The highest BCUT2D eigenvalue weighted by Crippen LogP contribution is 2.60. The van der Waals surface area contributed by atoms with Gasteiger partial charge in [0, 0.05) is 25.7 Å². The molecule has 3 aliphatic rings. The zero-order chi connectivity index (χ0) is 26.6. The zero-order valence-electron chi connectivity index (χ0n) is 21.1. The molecule has 1 unspecified atom stereocenters. The first kappa shape index (κ1) is 25.9. The highest BCUT2D eigenvalue weighted by atomic mass is 19.3. The first-order valence-electron chi connectivity index (χ1n) is 13.1. The van der Waals surface area contributed by atoms with E-state index < -0.39 is 35.6 Å². The van der Waals surface area contributed by atoms with Gasteiger partial charge in [-0.15, -0.1) is 0 Å². The molecule has 0 spiro atoms. The summed E-state index contributed by atoms with van der Waals surface area (Å²) >= 11 is 0. The number of halogens is 4. The standard InChI is InChI=1S/C26H33F4N5O2/c1-3-4-20(36)33-21(15-5-6-15)17-11-19-32-18(13-35(19)31-12-17)22(16-7-9-25(27,28)10-8-16)34-23(37)24(2)14-26(24,29)30/h11-13,15-16,21-22H,3-10,14H2,1-2H3,(H,33,36)(H,34,37)/t21-,22+,24?/m1/s1. The maximum absolute atomic E-state index is 13.9. The number of imidazole rings is 1. The molecule has 11 heteroatoms. The third kappa shape index (κ3) is 5.18. The van der Waals surface area contributed by atoms with Crippen molar-refractivity contribution < 1.29 is 27.2 Å². The normalized spacial score (nSPS) is 26.4. The average Bonchev–Trinajstić information content (AvgIpc) is 3.70. The SMILES string of the molecule is CCCC(=O)N[C@@H](c1cnn2cc([C@@H](NC(=O)C3(C)CC3(F)F)C3CCC(F)(F)CC3)nc2c1)C1CC1. The Bertz CT molecular complexity index is 1190. The van der Waals surface area contributed by atoms with E-state index >= 15 is 0 Å². The van der Waals surface area contributed by atoms with Gasteiger partial charge in [-0.05, 0) is 62.5 Å². The fourth-order valence-electron chi connectivity index (χ4n) is 5.38. The number of hydrogen-bond acceptors (Lipinski definition) is 4. The van der Waals surface area contributed by atoms with Crippen LogP contribution in [0, 0.1) is 17.3 Å². The van der Waals surface area contributed by atoms with Crippen molar-refractivity contribution >= 4 is 17.5 Å². The van der Waals surface area contributed by atoms with Gasteiger partial charge >= 0.3 is 0 Å². The fraction of sp³-hybridized carbons (Fsp3) is 0.692. The molecule has 2 aromatic rings. The number of carbonyl (C=O) groups excluding carboxylic acids is 2. The third-order valence-electron chi connectivity index (χ3n) is 8.20. The summed E-state index contributed by atoms with van der Waals surface area (Å²) in [4.78, 5) is 29.8. The first-order valence-corrected chi connectivity index (χ1v) is 13.1. The van der Waals surface area contributed by atoms with Crippen LogP contribution in [0.25, 0.3) is 5.65 Å². The third-order valence-corrected chi connectivity index (χ3v) is 8.20. The Balaban J connectivity index is 1.42. The monoisotopic (exact) mass is 523 g/mol. The summed E-state index contributed by atoms with van der Waals surface area (Å²) in [7, 11) is 0. The molecule has 37 heavy (non-hydrogen) atoms. The van der Waals surface area contributed by atoms with Crippen LogP contribution in [0.1, 0.15) is 95.0 Å². The van der Waals surface area contributed by atoms with E-state index in [1.54, 1.807) is 12.4 Å². The lowest BCUT2D eigenvalue weighted by molar-refractivity contribution is -0.131. The lowest BCUT2D eigenvalue weighted by atomic mass is 9.81.